The molecule has 0 N–H and O–H groups in total. The molecule has 0 fully saturated rings. The number of rotatable bonds is 3. The highest BCUT2D eigenvalue weighted by Crippen LogP contribution is 2.26. The first-order chi connectivity index (χ1) is 8.56. The monoisotopic (exact) mass is 258 g/mol. The van der Waals surface area contributed by atoms with Crippen LogP contribution in [-0.4, -0.2) is 29.3 Å². The van der Waals surface area contributed by atoms with Crippen LogP contribution in [0.25, 0.3) is 10.9 Å². The summed E-state index contributed by atoms with van der Waals surface area (Å²) in [6, 6.07) is 6.19. The number of carbonyl (C=O) groups is 1. The van der Waals surface area contributed by atoms with Crippen molar-refractivity contribution in [3.8, 4) is 0 Å². The van der Waals surface area contributed by atoms with Gasteiger partial charge >= 0.3 is 5.97 Å². The van der Waals surface area contributed by atoms with Gasteiger partial charge in [0, 0.05) is 5.39 Å². The lowest BCUT2D eigenvalue weighted by atomic mass is 10.2. The van der Waals surface area contributed by atoms with Gasteiger partial charge in [-0.05, 0) is 6.07 Å². The van der Waals surface area contributed by atoms with E-state index in [0.29, 0.717) is 4.68 Å². The molecule has 0 spiro atoms. The summed E-state index contributed by atoms with van der Waals surface area (Å²) in [5.74, 6) is -0.910. The molecule has 1 unspecified atom stereocenters. The lowest BCUT2D eigenvalue weighted by Crippen LogP contribution is -2.19. The number of benzene rings is 1. The SMILES string of the molecule is COC(=O)c1c2ccccc2nn1C(F)C(F)F. The average molecular weight is 258 g/mol. The van der Waals surface area contributed by atoms with Crippen molar-refractivity contribution in [2.24, 2.45) is 0 Å². The molecular weight excluding hydrogens is 249 g/mol. The fourth-order valence-corrected chi connectivity index (χ4v) is 1.64. The molecule has 0 saturated carbocycles. The summed E-state index contributed by atoms with van der Waals surface area (Å²) in [5, 5.41) is 3.93. The van der Waals surface area contributed by atoms with E-state index >= 15 is 0 Å². The van der Waals surface area contributed by atoms with Gasteiger partial charge in [0.1, 0.15) is 0 Å². The van der Waals surface area contributed by atoms with E-state index in [4.69, 9.17) is 0 Å². The molecule has 1 aromatic carbocycles. The highest BCUT2D eigenvalue weighted by atomic mass is 19.3. The Hall–Kier alpha value is -2.05. The van der Waals surface area contributed by atoms with Crippen LogP contribution in [0, 0.1) is 0 Å². The highest BCUT2D eigenvalue weighted by molar-refractivity contribution is 6.02. The number of ether oxygens (including phenoxy) is 1. The van der Waals surface area contributed by atoms with E-state index < -0.39 is 18.7 Å². The molecule has 7 heteroatoms. The van der Waals surface area contributed by atoms with Crippen LogP contribution >= 0.6 is 0 Å². The number of carbonyl (C=O) groups excluding carboxylic acids is 1. The fourth-order valence-electron chi connectivity index (χ4n) is 1.64. The van der Waals surface area contributed by atoms with E-state index in [1.165, 1.54) is 12.1 Å². The van der Waals surface area contributed by atoms with E-state index in [-0.39, 0.29) is 16.6 Å². The average Bonchev–Trinajstić information content (AvgIpc) is 2.75. The van der Waals surface area contributed by atoms with E-state index in [9.17, 15) is 18.0 Å². The van der Waals surface area contributed by atoms with Crippen molar-refractivity contribution >= 4 is 16.9 Å². The molecule has 0 bridgehead atoms. The highest BCUT2D eigenvalue weighted by Gasteiger charge is 2.29. The van der Waals surface area contributed by atoms with Crippen molar-refractivity contribution < 1.29 is 22.7 Å². The number of hydrogen-bond acceptors (Lipinski definition) is 3. The Kier molecular flexibility index (Phi) is 3.22. The molecule has 18 heavy (non-hydrogen) atoms. The van der Waals surface area contributed by atoms with Gasteiger partial charge in [-0.3, -0.25) is 0 Å². The lowest BCUT2D eigenvalue weighted by molar-refractivity contribution is -0.00167. The minimum atomic E-state index is -3.28. The Labute approximate surface area is 100.0 Å². The second-order valence-electron chi connectivity index (χ2n) is 3.51. The first kappa shape index (κ1) is 12.4. The third-order valence-corrected chi connectivity index (χ3v) is 2.42. The largest absolute Gasteiger partial charge is 0.464 e. The number of methoxy groups -OCH3 is 1. The maximum absolute atomic E-state index is 13.4. The van der Waals surface area contributed by atoms with E-state index in [2.05, 4.69) is 9.84 Å². The molecular formula is C11H9F3N2O2. The van der Waals surface area contributed by atoms with Crippen LogP contribution in [0.4, 0.5) is 13.2 Å². The van der Waals surface area contributed by atoms with Crippen molar-refractivity contribution in [1.82, 2.24) is 9.78 Å². The predicted octanol–water partition coefficient (Wildman–Crippen LogP) is 2.56. The summed E-state index contributed by atoms with van der Waals surface area (Å²) < 4.78 is 43.0. The molecule has 0 aliphatic carbocycles. The van der Waals surface area contributed by atoms with Crippen LogP contribution in [0.5, 0.6) is 0 Å². The first-order valence-electron chi connectivity index (χ1n) is 5.04. The predicted molar refractivity (Wildman–Crippen MR) is 57.2 cm³/mol. The van der Waals surface area contributed by atoms with Crippen molar-refractivity contribution in [2.75, 3.05) is 7.11 Å². The first-order valence-corrected chi connectivity index (χ1v) is 5.04. The minimum absolute atomic E-state index is 0.251. The molecule has 1 heterocycles. The van der Waals surface area contributed by atoms with Gasteiger partial charge in [0.2, 0.25) is 0 Å². The molecule has 2 rings (SSSR count). The Bertz CT molecular complexity index is 583. The summed E-state index contributed by atoms with van der Waals surface area (Å²) in [7, 11) is 1.09. The number of fused-ring (bicyclic) bond motifs is 1. The third-order valence-electron chi connectivity index (χ3n) is 2.42. The fraction of sp³-hybridized carbons (Fsp3) is 0.273. The molecule has 1 aromatic heterocycles. The summed E-state index contributed by atoms with van der Waals surface area (Å²) >= 11 is 0. The second-order valence-corrected chi connectivity index (χ2v) is 3.51. The normalized spacial score (nSPS) is 12.9. The number of aromatic nitrogens is 2. The molecule has 0 radical (unpaired) electrons. The van der Waals surface area contributed by atoms with Crippen molar-refractivity contribution in [3.05, 3.63) is 30.0 Å². The Balaban J connectivity index is 2.68. The van der Waals surface area contributed by atoms with E-state index in [0.717, 1.165) is 7.11 Å². The van der Waals surface area contributed by atoms with Crippen molar-refractivity contribution in [3.63, 3.8) is 0 Å². The third kappa shape index (κ3) is 1.92. The van der Waals surface area contributed by atoms with Gasteiger partial charge in [-0.25, -0.2) is 22.6 Å². The molecule has 4 nitrogen and oxygen atoms in total. The quantitative estimate of drug-likeness (QED) is 0.795. The van der Waals surface area contributed by atoms with E-state index in [1.54, 1.807) is 12.1 Å². The molecule has 0 amide bonds. The Morgan fingerprint density at radius 1 is 1.33 bits per heavy atom. The molecule has 0 aliphatic heterocycles. The van der Waals surface area contributed by atoms with Crippen LogP contribution in [0.2, 0.25) is 0 Å². The zero-order valence-corrected chi connectivity index (χ0v) is 9.31. The topological polar surface area (TPSA) is 44.1 Å². The van der Waals surface area contributed by atoms with Crippen LogP contribution in [0.3, 0.4) is 0 Å². The Morgan fingerprint density at radius 2 is 2.00 bits per heavy atom. The molecule has 0 aliphatic rings. The van der Waals surface area contributed by atoms with Crippen LogP contribution in [0.15, 0.2) is 24.3 Å². The van der Waals surface area contributed by atoms with Crippen molar-refractivity contribution in [1.29, 1.82) is 0 Å². The zero-order valence-electron chi connectivity index (χ0n) is 9.31. The number of alkyl halides is 3. The number of esters is 1. The Morgan fingerprint density at radius 3 is 2.61 bits per heavy atom. The van der Waals surface area contributed by atoms with Crippen LogP contribution in [-0.2, 0) is 4.74 Å². The maximum atomic E-state index is 13.4. The van der Waals surface area contributed by atoms with Crippen LogP contribution < -0.4 is 0 Å². The second kappa shape index (κ2) is 4.67. The summed E-state index contributed by atoms with van der Waals surface area (Å²) in [5.41, 5.74) is -0.0675. The number of nitrogens with zero attached hydrogens (tertiary/aromatic N) is 2. The smallest absolute Gasteiger partial charge is 0.357 e. The summed E-state index contributed by atoms with van der Waals surface area (Å²) in [4.78, 5) is 11.5. The summed E-state index contributed by atoms with van der Waals surface area (Å²) in [6.45, 7) is 0. The standard InChI is InChI=1S/C11H9F3N2O2/c1-18-11(17)8-6-4-2-3-5-7(6)15-16(8)10(14)9(12)13/h2-5,9-10H,1H3. The maximum Gasteiger partial charge on any atom is 0.357 e. The van der Waals surface area contributed by atoms with Crippen molar-refractivity contribution in [2.45, 2.75) is 12.7 Å². The van der Waals surface area contributed by atoms with Gasteiger partial charge in [0.25, 0.3) is 12.7 Å². The molecule has 0 saturated heterocycles. The zero-order chi connectivity index (χ0) is 13.3. The van der Waals surface area contributed by atoms with E-state index in [1.807, 2.05) is 0 Å². The van der Waals surface area contributed by atoms with Gasteiger partial charge < -0.3 is 4.74 Å². The summed E-state index contributed by atoms with van der Waals surface area (Å²) in [6.07, 6.45) is -5.96. The number of halogens is 3. The van der Waals surface area contributed by atoms with Gasteiger partial charge in [0.15, 0.2) is 5.69 Å². The molecule has 2 aromatic rings. The van der Waals surface area contributed by atoms with Gasteiger partial charge in [-0.1, -0.05) is 18.2 Å². The molecule has 1 atom stereocenters. The van der Waals surface area contributed by atoms with Gasteiger partial charge in [0.05, 0.1) is 12.6 Å². The minimum Gasteiger partial charge on any atom is -0.464 e. The van der Waals surface area contributed by atoms with Crippen LogP contribution in [0.1, 0.15) is 16.8 Å². The number of hydrogen-bond donors (Lipinski definition) is 0. The lowest BCUT2D eigenvalue weighted by Gasteiger charge is -2.10. The molecule has 96 valence electrons. The van der Waals surface area contributed by atoms with Gasteiger partial charge in [-0.15, -0.1) is 0 Å². The van der Waals surface area contributed by atoms with Gasteiger partial charge in [-0.2, -0.15) is 5.10 Å².